The number of hydrogen-bond acceptors (Lipinski definition) is 3. The first-order valence-electron chi connectivity index (χ1n) is 7.18. The SMILES string of the molecule is CC(C)Oc1ncccc1NC(=O)C1CCC(F)(F)CC1. The Kier molecular flexibility index (Phi) is 4.75. The van der Waals surface area contributed by atoms with Crippen LogP contribution in [0.2, 0.25) is 0 Å². The van der Waals surface area contributed by atoms with Crippen LogP contribution in [-0.4, -0.2) is 22.9 Å². The third-order valence-corrected chi connectivity index (χ3v) is 3.46. The molecule has 1 heterocycles. The number of amides is 1. The van der Waals surface area contributed by atoms with Gasteiger partial charge in [0.2, 0.25) is 17.7 Å². The zero-order valence-corrected chi connectivity index (χ0v) is 12.2. The van der Waals surface area contributed by atoms with Gasteiger partial charge in [0, 0.05) is 25.0 Å². The number of pyridine rings is 1. The van der Waals surface area contributed by atoms with Crippen molar-refractivity contribution in [3.63, 3.8) is 0 Å². The fourth-order valence-electron chi connectivity index (χ4n) is 2.34. The van der Waals surface area contributed by atoms with E-state index in [1.807, 2.05) is 13.8 Å². The summed E-state index contributed by atoms with van der Waals surface area (Å²) in [7, 11) is 0. The number of alkyl halides is 2. The monoisotopic (exact) mass is 298 g/mol. The summed E-state index contributed by atoms with van der Waals surface area (Å²) in [5.41, 5.74) is 0.480. The second-order valence-electron chi connectivity index (χ2n) is 5.64. The molecule has 0 saturated heterocycles. The van der Waals surface area contributed by atoms with E-state index in [0.717, 1.165) is 0 Å². The number of carbonyl (C=O) groups is 1. The van der Waals surface area contributed by atoms with Gasteiger partial charge in [-0.3, -0.25) is 4.79 Å². The van der Waals surface area contributed by atoms with E-state index < -0.39 is 5.92 Å². The van der Waals surface area contributed by atoms with E-state index in [9.17, 15) is 13.6 Å². The van der Waals surface area contributed by atoms with E-state index in [2.05, 4.69) is 10.3 Å². The quantitative estimate of drug-likeness (QED) is 0.923. The van der Waals surface area contributed by atoms with Gasteiger partial charge in [-0.1, -0.05) is 0 Å². The van der Waals surface area contributed by atoms with Crippen molar-refractivity contribution >= 4 is 11.6 Å². The van der Waals surface area contributed by atoms with Gasteiger partial charge in [0.1, 0.15) is 5.69 Å². The van der Waals surface area contributed by atoms with Crippen LogP contribution in [0.3, 0.4) is 0 Å². The normalized spacial score (nSPS) is 18.5. The standard InChI is InChI=1S/C15H20F2N2O2/c1-10(2)21-14-12(4-3-9-18-14)19-13(20)11-5-7-15(16,17)8-6-11/h3-4,9-11H,5-8H2,1-2H3,(H,19,20). The summed E-state index contributed by atoms with van der Waals surface area (Å²) in [6, 6.07) is 3.39. The van der Waals surface area contributed by atoms with Crippen LogP contribution in [0.4, 0.5) is 14.5 Å². The molecule has 0 bridgehead atoms. The van der Waals surface area contributed by atoms with Crippen molar-refractivity contribution in [2.45, 2.75) is 51.6 Å². The number of carbonyl (C=O) groups excluding carboxylic acids is 1. The Bertz CT molecular complexity index is 496. The summed E-state index contributed by atoms with van der Waals surface area (Å²) in [5.74, 6) is -2.90. The lowest BCUT2D eigenvalue weighted by Gasteiger charge is -2.27. The third kappa shape index (κ3) is 4.37. The third-order valence-electron chi connectivity index (χ3n) is 3.46. The molecule has 116 valence electrons. The molecule has 2 rings (SSSR count). The molecule has 0 aliphatic heterocycles. The molecule has 21 heavy (non-hydrogen) atoms. The molecule has 6 heteroatoms. The Balaban J connectivity index is 2.00. The highest BCUT2D eigenvalue weighted by molar-refractivity contribution is 5.93. The molecule has 0 spiro atoms. The molecule has 0 radical (unpaired) electrons. The molecule has 1 amide bonds. The number of aromatic nitrogens is 1. The van der Waals surface area contributed by atoms with Gasteiger partial charge < -0.3 is 10.1 Å². The lowest BCUT2D eigenvalue weighted by Crippen LogP contribution is -2.32. The van der Waals surface area contributed by atoms with Gasteiger partial charge >= 0.3 is 0 Å². The van der Waals surface area contributed by atoms with Crippen molar-refractivity contribution < 1.29 is 18.3 Å². The van der Waals surface area contributed by atoms with Crippen molar-refractivity contribution in [2.75, 3.05) is 5.32 Å². The lowest BCUT2D eigenvalue weighted by atomic mass is 9.86. The molecule has 1 fully saturated rings. The summed E-state index contributed by atoms with van der Waals surface area (Å²) >= 11 is 0. The second-order valence-corrected chi connectivity index (χ2v) is 5.64. The first-order valence-corrected chi connectivity index (χ1v) is 7.18. The van der Waals surface area contributed by atoms with Crippen molar-refractivity contribution in [1.29, 1.82) is 0 Å². The van der Waals surface area contributed by atoms with Crippen LogP contribution in [0.15, 0.2) is 18.3 Å². The van der Waals surface area contributed by atoms with Gasteiger partial charge in [0.15, 0.2) is 0 Å². The number of ether oxygens (including phenoxy) is 1. The predicted molar refractivity (Wildman–Crippen MR) is 75.5 cm³/mol. The molecule has 1 aliphatic rings. The topological polar surface area (TPSA) is 51.2 Å². The number of halogens is 2. The molecule has 1 aromatic rings. The molecule has 0 unspecified atom stereocenters. The minimum absolute atomic E-state index is 0.0658. The summed E-state index contributed by atoms with van der Waals surface area (Å²) in [5, 5.41) is 2.74. The molecule has 0 aromatic carbocycles. The molecule has 1 aliphatic carbocycles. The largest absolute Gasteiger partial charge is 0.473 e. The van der Waals surface area contributed by atoms with Crippen molar-refractivity contribution in [1.82, 2.24) is 4.98 Å². The van der Waals surface area contributed by atoms with E-state index in [4.69, 9.17) is 4.74 Å². The molecule has 1 N–H and O–H groups in total. The van der Waals surface area contributed by atoms with Crippen molar-refractivity contribution in [3.05, 3.63) is 18.3 Å². The predicted octanol–water partition coefficient (Wildman–Crippen LogP) is 3.63. The van der Waals surface area contributed by atoms with Crippen LogP contribution in [0, 0.1) is 5.92 Å². The van der Waals surface area contributed by atoms with E-state index in [1.54, 1.807) is 18.3 Å². The molecular formula is C15H20F2N2O2. The van der Waals surface area contributed by atoms with E-state index in [0.29, 0.717) is 11.6 Å². The lowest BCUT2D eigenvalue weighted by molar-refractivity contribution is -0.124. The summed E-state index contributed by atoms with van der Waals surface area (Å²) in [6.07, 6.45) is 1.47. The fraction of sp³-hybridized carbons (Fsp3) is 0.600. The Morgan fingerprint density at radius 3 is 2.71 bits per heavy atom. The van der Waals surface area contributed by atoms with Crippen LogP contribution >= 0.6 is 0 Å². The molecule has 1 saturated carbocycles. The maximum absolute atomic E-state index is 13.1. The van der Waals surface area contributed by atoms with Gasteiger partial charge in [-0.15, -0.1) is 0 Å². The van der Waals surface area contributed by atoms with Crippen LogP contribution < -0.4 is 10.1 Å². The molecule has 1 aromatic heterocycles. The average molecular weight is 298 g/mol. The maximum Gasteiger partial charge on any atom is 0.248 e. The number of nitrogens with one attached hydrogen (secondary N) is 1. The highest BCUT2D eigenvalue weighted by Gasteiger charge is 2.37. The summed E-state index contributed by atoms with van der Waals surface area (Å²) in [6.45, 7) is 3.73. The highest BCUT2D eigenvalue weighted by atomic mass is 19.3. The molecular weight excluding hydrogens is 278 g/mol. The second kappa shape index (κ2) is 6.37. The highest BCUT2D eigenvalue weighted by Crippen LogP contribution is 2.36. The van der Waals surface area contributed by atoms with Crippen LogP contribution in [0.25, 0.3) is 0 Å². The number of nitrogens with zero attached hydrogens (tertiary/aromatic N) is 1. The Labute approximate surface area is 122 Å². The Morgan fingerprint density at radius 2 is 2.10 bits per heavy atom. The summed E-state index contributed by atoms with van der Waals surface area (Å²) in [4.78, 5) is 16.3. The van der Waals surface area contributed by atoms with Gasteiger partial charge in [0.25, 0.3) is 0 Å². The van der Waals surface area contributed by atoms with Crippen LogP contribution in [0.1, 0.15) is 39.5 Å². The summed E-state index contributed by atoms with van der Waals surface area (Å²) < 4.78 is 31.7. The number of rotatable bonds is 4. The minimum atomic E-state index is -2.63. The van der Waals surface area contributed by atoms with Crippen LogP contribution in [0.5, 0.6) is 5.88 Å². The van der Waals surface area contributed by atoms with Gasteiger partial charge in [0.05, 0.1) is 6.10 Å². The van der Waals surface area contributed by atoms with E-state index in [-0.39, 0.29) is 43.6 Å². The first kappa shape index (κ1) is 15.7. The zero-order chi connectivity index (χ0) is 15.5. The number of hydrogen-bond donors (Lipinski definition) is 1. The van der Waals surface area contributed by atoms with E-state index in [1.165, 1.54) is 0 Å². The minimum Gasteiger partial charge on any atom is -0.473 e. The average Bonchev–Trinajstić information content (AvgIpc) is 2.40. The van der Waals surface area contributed by atoms with E-state index >= 15 is 0 Å². The maximum atomic E-state index is 13.1. The first-order chi connectivity index (χ1) is 9.87. The smallest absolute Gasteiger partial charge is 0.248 e. The van der Waals surface area contributed by atoms with Crippen LogP contribution in [-0.2, 0) is 4.79 Å². The van der Waals surface area contributed by atoms with Crippen molar-refractivity contribution in [3.8, 4) is 5.88 Å². The van der Waals surface area contributed by atoms with Gasteiger partial charge in [-0.2, -0.15) is 0 Å². The zero-order valence-electron chi connectivity index (χ0n) is 12.2. The van der Waals surface area contributed by atoms with Gasteiger partial charge in [-0.25, -0.2) is 13.8 Å². The fourth-order valence-corrected chi connectivity index (χ4v) is 2.34. The molecule has 4 nitrogen and oxygen atoms in total. The number of anilines is 1. The molecule has 0 atom stereocenters. The van der Waals surface area contributed by atoms with Crippen molar-refractivity contribution in [2.24, 2.45) is 5.92 Å². The Hall–Kier alpha value is -1.72. The van der Waals surface area contributed by atoms with Gasteiger partial charge in [-0.05, 0) is 38.8 Å². The Morgan fingerprint density at radius 1 is 1.43 bits per heavy atom.